The van der Waals surface area contributed by atoms with E-state index in [1.807, 2.05) is 0 Å². The van der Waals surface area contributed by atoms with Gasteiger partial charge in [0, 0.05) is 22.3 Å². The van der Waals surface area contributed by atoms with E-state index in [4.69, 9.17) is 17.0 Å². The Morgan fingerprint density at radius 2 is 2.41 bits per heavy atom. The number of fused-ring (bicyclic) bond motifs is 1. The molecule has 1 aliphatic carbocycles. The molecule has 4 N–H and O–H groups in total. The molecule has 8 heteroatoms. The molecular weight excluding hydrogens is 238 g/mol. The molecule has 1 aromatic heterocycles. The van der Waals surface area contributed by atoms with Crippen molar-refractivity contribution in [3.63, 3.8) is 0 Å². The molecule has 1 aliphatic rings. The predicted octanol–water partition coefficient (Wildman–Crippen LogP) is 1.78. The van der Waals surface area contributed by atoms with Crippen molar-refractivity contribution in [2.45, 2.75) is 25.2 Å². The Morgan fingerprint density at radius 1 is 1.59 bits per heavy atom. The number of nitrogens with two attached hydrogens (primary N) is 2. The third-order valence-electron chi connectivity index (χ3n) is 2.65. The highest BCUT2D eigenvalue weighted by Gasteiger charge is 2.24. The summed E-state index contributed by atoms with van der Waals surface area (Å²) in [5, 5.41) is 4.21. The van der Waals surface area contributed by atoms with Gasteiger partial charge in [-0.15, -0.1) is 0 Å². The summed E-state index contributed by atoms with van der Waals surface area (Å²) in [6.45, 7) is 0.453. The Labute approximate surface area is 102 Å². The van der Waals surface area contributed by atoms with Crippen molar-refractivity contribution >= 4 is 22.4 Å². The minimum Gasteiger partial charge on any atom is -0.370 e. The molecule has 0 radical (unpaired) electrons. The Hall–Kier alpha value is -1.79. The number of aliphatic imine (C=N–C) groups is 1. The Kier molecular flexibility index (Phi) is 3.46. The van der Waals surface area contributed by atoms with Crippen molar-refractivity contribution in [2.75, 3.05) is 6.54 Å². The summed E-state index contributed by atoms with van der Waals surface area (Å²) in [6, 6.07) is 0. The van der Waals surface area contributed by atoms with Crippen molar-refractivity contribution in [1.82, 2.24) is 4.98 Å². The lowest BCUT2D eigenvalue weighted by atomic mass is 9.91. The maximum Gasteiger partial charge on any atom is 0.212 e. The highest BCUT2D eigenvalue weighted by Crippen LogP contribution is 2.37. The van der Waals surface area contributed by atoms with E-state index in [-0.39, 0.29) is 11.9 Å². The zero-order valence-electron chi connectivity index (χ0n) is 9.20. The van der Waals surface area contributed by atoms with E-state index < -0.39 is 0 Å². The van der Waals surface area contributed by atoms with Gasteiger partial charge in [-0.3, -0.25) is 0 Å². The van der Waals surface area contributed by atoms with Crippen molar-refractivity contribution in [2.24, 2.45) is 21.6 Å². The lowest BCUT2D eigenvalue weighted by Crippen LogP contribution is -2.21. The number of azide groups is 1. The lowest BCUT2D eigenvalue weighted by molar-refractivity contribution is 0.553. The van der Waals surface area contributed by atoms with Crippen LogP contribution in [0.1, 0.15) is 29.3 Å². The first kappa shape index (κ1) is 11.7. The zero-order chi connectivity index (χ0) is 12.3. The van der Waals surface area contributed by atoms with Crippen molar-refractivity contribution in [3.8, 4) is 0 Å². The number of hydrogen-bond donors (Lipinski definition) is 2. The summed E-state index contributed by atoms with van der Waals surface area (Å²) in [5.41, 5.74) is 20.0. The average Bonchev–Trinajstić information content (AvgIpc) is 2.67. The number of rotatable bonds is 3. The highest BCUT2D eigenvalue weighted by atomic mass is 32.1. The van der Waals surface area contributed by atoms with Crippen LogP contribution < -0.4 is 11.5 Å². The molecule has 1 aromatic rings. The van der Waals surface area contributed by atoms with Crippen molar-refractivity contribution < 1.29 is 0 Å². The quantitative estimate of drug-likeness (QED) is 0.279. The number of aromatic nitrogens is 1. The standard InChI is InChI=1S/C9H13N7S/c10-8(11)15-9-14-7-5(4-13-16-12)2-1-3-6(7)17-9/h5H,1-4H2,(H4,10,11,14,15). The summed E-state index contributed by atoms with van der Waals surface area (Å²) < 4.78 is 0. The van der Waals surface area contributed by atoms with E-state index in [0.29, 0.717) is 11.7 Å². The topological polar surface area (TPSA) is 126 Å². The molecule has 1 heterocycles. The molecule has 0 amide bonds. The van der Waals surface area contributed by atoms with Crippen LogP contribution in [0.4, 0.5) is 5.13 Å². The fraction of sp³-hybridized carbons (Fsp3) is 0.556. The van der Waals surface area contributed by atoms with Gasteiger partial charge < -0.3 is 11.5 Å². The smallest absolute Gasteiger partial charge is 0.212 e. The van der Waals surface area contributed by atoms with Gasteiger partial charge in [0.1, 0.15) is 0 Å². The van der Waals surface area contributed by atoms with Gasteiger partial charge in [-0.05, 0) is 24.8 Å². The molecule has 0 bridgehead atoms. The van der Waals surface area contributed by atoms with Crippen LogP contribution in [0, 0.1) is 0 Å². The summed E-state index contributed by atoms with van der Waals surface area (Å²) in [7, 11) is 0. The predicted molar refractivity (Wildman–Crippen MR) is 67.3 cm³/mol. The van der Waals surface area contributed by atoms with Crippen LogP contribution in [0.15, 0.2) is 10.1 Å². The number of hydrogen-bond acceptors (Lipinski definition) is 4. The largest absolute Gasteiger partial charge is 0.370 e. The lowest BCUT2D eigenvalue weighted by Gasteiger charge is -2.18. The van der Waals surface area contributed by atoms with Gasteiger partial charge in [0.25, 0.3) is 0 Å². The van der Waals surface area contributed by atoms with Crippen LogP contribution in [-0.4, -0.2) is 17.5 Å². The first-order valence-corrected chi connectivity index (χ1v) is 6.12. The van der Waals surface area contributed by atoms with Gasteiger partial charge in [0.15, 0.2) is 5.96 Å². The van der Waals surface area contributed by atoms with Crippen LogP contribution in [0.5, 0.6) is 0 Å². The number of guanidine groups is 1. The maximum atomic E-state index is 8.35. The molecule has 0 spiro atoms. The van der Waals surface area contributed by atoms with Crippen molar-refractivity contribution in [1.29, 1.82) is 0 Å². The second kappa shape index (κ2) is 5.03. The van der Waals surface area contributed by atoms with Gasteiger partial charge in [-0.1, -0.05) is 16.5 Å². The zero-order valence-corrected chi connectivity index (χ0v) is 10.0. The average molecular weight is 251 g/mol. The Morgan fingerprint density at radius 3 is 3.12 bits per heavy atom. The first-order valence-electron chi connectivity index (χ1n) is 5.30. The summed E-state index contributed by atoms with van der Waals surface area (Å²) in [5.74, 6) is 0.219. The molecule has 17 heavy (non-hydrogen) atoms. The first-order chi connectivity index (χ1) is 8.20. The number of nitrogens with zero attached hydrogens (tertiary/aromatic N) is 5. The van der Waals surface area contributed by atoms with Crippen LogP contribution >= 0.6 is 11.3 Å². The number of aryl methyl sites for hydroxylation is 1. The molecular formula is C9H13N7S. The van der Waals surface area contributed by atoms with Gasteiger partial charge in [0.2, 0.25) is 5.13 Å². The van der Waals surface area contributed by atoms with E-state index >= 15 is 0 Å². The summed E-state index contributed by atoms with van der Waals surface area (Å²) in [6.07, 6.45) is 3.08. The van der Waals surface area contributed by atoms with Crippen LogP contribution in [0.25, 0.3) is 10.4 Å². The molecule has 1 unspecified atom stereocenters. The second-order valence-corrected chi connectivity index (χ2v) is 4.91. The molecule has 7 nitrogen and oxygen atoms in total. The van der Waals surface area contributed by atoms with E-state index in [2.05, 4.69) is 20.0 Å². The van der Waals surface area contributed by atoms with Gasteiger partial charge >= 0.3 is 0 Å². The summed E-state index contributed by atoms with van der Waals surface area (Å²) in [4.78, 5) is 12.4. The third kappa shape index (κ3) is 2.66. The number of thiazole rings is 1. The molecule has 2 rings (SSSR count). The van der Waals surface area contributed by atoms with Gasteiger partial charge in [-0.25, -0.2) is 4.98 Å². The molecule has 0 aliphatic heterocycles. The molecule has 90 valence electrons. The molecule has 0 aromatic carbocycles. The van der Waals surface area contributed by atoms with Crippen LogP contribution in [0.2, 0.25) is 0 Å². The molecule has 0 saturated heterocycles. The van der Waals surface area contributed by atoms with E-state index in [9.17, 15) is 0 Å². The van der Waals surface area contributed by atoms with Gasteiger partial charge in [0.05, 0.1) is 5.69 Å². The third-order valence-corrected chi connectivity index (χ3v) is 3.67. The molecule has 0 fully saturated rings. The molecule has 0 saturated carbocycles. The van der Waals surface area contributed by atoms with E-state index in [0.717, 1.165) is 25.0 Å². The monoisotopic (exact) mass is 251 g/mol. The summed E-state index contributed by atoms with van der Waals surface area (Å²) >= 11 is 1.51. The van der Waals surface area contributed by atoms with Crippen LogP contribution in [0.3, 0.4) is 0 Å². The highest BCUT2D eigenvalue weighted by molar-refractivity contribution is 7.15. The normalized spacial score (nSPS) is 18.0. The van der Waals surface area contributed by atoms with E-state index in [1.165, 1.54) is 16.2 Å². The fourth-order valence-electron chi connectivity index (χ4n) is 1.97. The maximum absolute atomic E-state index is 8.35. The minimum atomic E-state index is 0.0164. The van der Waals surface area contributed by atoms with Crippen molar-refractivity contribution in [3.05, 3.63) is 21.0 Å². The van der Waals surface area contributed by atoms with E-state index in [1.54, 1.807) is 0 Å². The second-order valence-electron chi connectivity index (χ2n) is 3.84. The molecule has 1 atom stereocenters. The Balaban J connectivity index is 2.28. The fourth-order valence-corrected chi connectivity index (χ4v) is 3.04. The minimum absolute atomic E-state index is 0.0164. The van der Waals surface area contributed by atoms with Gasteiger partial charge in [-0.2, -0.15) is 4.99 Å². The SMILES string of the molecule is [N-]=[N+]=NCC1CCCc2sc(N=C(N)N)nc21. The Bertz CT molecular complexity index is 482. The van der Waals surface area contributed by atoms with Crippen LogP contribution in [-0.2, 0) is 6.42 Å².